The molecule has 1 aromatic heterocycles. The highest BCUT2D eigenvalue weighted by Gasteiger charge is 2.22. The molecular weight excluding hydrogens is 256 g/mol. The van der Waals surface area contributed by atoms with Crippen LogP contribution >= 0.6 is 0 Å². The van der Waals surface area contributed by atoms with E-state index in [1.165, 1.54) is 0 Å². The van der Waals surface area contributed by atoms with Crippen LogP contribution in [0.15, 0.2) is 30.3 Å². The fourth-order valence-electron chi connectivity index (χ4n) is 2.09. The Kier molecular flexibility index (Phi) is 4.98. The summed E-state index contributed by atoms with van der Waals surface area (Å²) in [5.41, 5.74) is 0.842. The number of rotatable bonds is 4. The second-order valence-electron chi connectivity index (χ2n) is 4.49. The molecule has 0 spiro atoms. The van der Waals surface area contributed by atoms with Gasteiger partial charge in [0.25, 0.3) is 0 Å². The van der Waals surface area contributed by atoms with E-state index in [1.54, 1.807) is 17.3 Å². The van der Waals surface area contributed by atoms with Crippen LogP contribution < -0.4 is 0 Å². The monoisotopic (exact) mass is 276 g/mol. The van der Waals surface area contributed by atoms with Crippen molar-refractivity contribution in [2.24, 2.45) is 0 Å². The third-order valence-electron chi connectivity index (χ3n) is 3.20. The minimum absolute atomic E-state index is 0.322. The molecule has 1 amide bonds. The minimum Gasteiger partial charge on any atom is -0.489 e. The van der Waals surface area contributed by atoms with Gasteiger partial charge in [0.05, 0.1) is 6.61 Å². The number of carbonyl (C=O) groups excluding carboxylic acids is 1. The molecule has 20 heavy (non-hydrogen) atoms. The zero-order valence-electron chi connectivity index (χ0n) is 12.0. The van der Waals surface area contributed by atoms with Gasteiger partial charge in [-0.1, -0.05) is 0 Å². The molecule has 0 radical (unpaired) electrons. The van der Waals surface area contributed by atoms with E-state index in [1.807, 2.05) is 26.0 Å². The normalized spacial score (nSPS) is 14.7. The summed E-state index contributed by atoms with van der Waals surface area (Å²) in [6.07, 6.45) is 4.65. The summed E-state index contributed by atoms with van der Waals surface area (Å²) in [5, 5.41) is 0. The highest BCUT2D eigenvalue weighted by atomic mass is 16.6. The molecule has 0 aliphatic carbocycles. The fraction of sp³-hybridized carbons (Fsp3) is 0.467. The molecule has 2 heterocycles. The standard InChI is InChI=1S/C15H20N2O3/c1-3-17(4-2)15(18)20-13-8-6-10-19-14(13)12-7-5-9-16-11-12/h5,7,9,11H,3-4,6,8,10H2,1-2H3. The van der Waals surface area contributed by atoms with Crippen LogP contribution in [-0.4, -0.2) is 35.7 Å². The van der Waals surface area contributed by atoms with Crippen molar-refractivity contribution in [1.82, 2.24) is 9.88 Å². The lowest BCUT2D eigenvalue weighted by atomic mass is 10.1. The van der Waals surface area contributed by atoms with Crippen LogP contribution in [0.4, 0.5) is 4.79 Å². The molecule has 1 aliphatic rings. The smallest absolute Gasteiger partial charge is 0.415 e. The third-order valence-corrected chi connectivity index (χ3v) is 3.20. The van der Waals surface area contributed by atoms with Gasteiger partial charge in [-0.3, -0.25) is 4.98 Å². The number of allylic oxidation sites excluding steroid dienone is 1. The van der Waals surface area contributed by atoms with Crippen LogP contribution in [0.5, 0.6) is 0 Å². The first-order valence-corrected chi connectivity index (χ1v) is 6.99. The highest BCUT2D eigenvalue weighted by molar-refractivity contribution is 5.72. The number of pyridine rings is 1. The number of carbonyl (C=O) groups is 1. The van der Waals surface area contributed by atoms with Gasteiger partial charge >= 0.3 is 6.09 Å². The minimum atomic E-state index is -0.322. The number of ether oxygens (including phenoxy) is 2. The first kappa shape index (κ1) is 14.4. The lowest BCUT2D eigenvalue weighted by Gasteiger charge is -2.24. The maximum Gasteiger partial charge on any atom is 0.415 e. The Bertz CT molecular complexity index is 481. The van der Waals surface area contributed by atoms with E-state index in [2.05, 4.69) is 4.98 Å². The average molecular weight is 276 g/mol. The van der Waals surface area contributed by atoms with E-state index in [9.17, 15) is 4.79 Å². The topological polar surface area (TPSA) is 51.7 Å². The maximum absolute atomic E-state index is 12.0. The van der Waals surface area contributed by atoms with Crippen LogP contribution in [0.3, 0.4) is 0 Å². The predicted octanol–water partition coefficient (Wildman–Crippen LogP) is 3.04. The van der Waals surface area contributed by atoms with Gasteiger partial charge in [-0.15, -0.1) is 0 Å². The molecule has 2 rings (SSSR count). The van der Waals surface area contributed by atoms with E-state index in [0.717, 1.165) is 12.0 Å². The molecule has 0 saturated carbocycles. The van der Waals surface area contributed by atoms with Crippen LogP contribution in [-0.2, 0) is 9.47 Å². The van der Waals surface area contributed by atoms with Gasteiger partial charge in [-0.2, -0.15) is 0 Å². The van der Waals surface area contributed by atoms with Crippen LogP contribution in [0.2, 0.25) is 0 Å². The number of hydrogen-bond donors (Lipinski definition) is 0. The fourth-order valence-corrected chi connectivity index (χ4v) is 2.09. The van der Waals surface area contributed by atoms with Gasteiger partial charge in [-0.05, 0) is 32.4 Å². The van der Waals surface area contributed by atoms with Crippen molar-refractivity contribution in [3.05, 3.63) is 35.8 Å². The molecule has 0 N–H and O–H groups in total. The zero-order chi connectivity index (χ0) is 14.4. The van der Waals surface area contributed by atoms with Gasteiger partial charge in [0, 0.05) is 37.5 Å². The lowest BCUT2D eigenvalue weighted by molar-refractivity contribution is 0.119. The van der Waals surface area contributed by atoms with Crippen molar-refractivity contribution in [3.63, 3.8) is 0 Å². The summed E-state index contributed by atoms with van der Waals surface area (Å²) in [7, 11) is 0. The molecule has 0 bridgehead atoms. The Morgan fingerprint density at radius 3 is 2.90 bits per heavy atom. The van der Waals surface area contributed by atoms with Crippen LogP contribution in [0.1, 0.15) is 32.3 Å². The number of hydrogen-bond acceptors (Lipinski definition) is 4. The Morgan fingerprint density at radius 1 is 1.45 bits per heavy atom. The number of aromatic nitrogens is 1. The molecule has 0 saturated heterocycles. The molecule has 1 aliphatic heterocycles. The predicted molar refractivity (Wildman–Crippen MR) is 75.7 cm³/mol. The van der Waals surface area contributed by atoms with Gasteiger partial charge in [0.15, 0.2) is 11.5 Å². The quantitative estimate of drug-likeness (QED) is 0.848. The first-order valence-electron chi connectivity index (χ1n) is 6.99. The first-order chi connectivity index (χ1) is 9.76. The zero-order valence-corrected chi connectivity index (χ0v) is 12.0. The van der Waals surface area contributed by atoms with E-state index >= 15 is 0 Å². The van der Waals surface area contributed by atoms with Crippen molar-refractivity contribution in [1.29, 1.82) is 0 Å². The molecule has 5 nitrogen and oxygen atoms in total. The SMILES string of the molecule is CCN(CC)C(=O)OC1=C(c2cccnc2)OCCC1. The van der Waals surface area contributed by atoms with E-state index < -0.39 is 0 Å². The van der Waals surface area contributed by atoms with E-state index in [-0.39, 0.29) is 6.09 Å². The Balaban J connectivity index is 2.21. The maximum atomic E-state index is 12.0. The molecule has 0 aromatic carbocycles. The van der Waals surface area contributed by atoms with Crippen molar-refractivity contribution in [2.75, 3.05) is 19.7 Å². The van der Waals surface area contributed by atoms with Gasteiger partial charge in [0.2, 0.25) is 0 Å². The molecule has 5 heteroatoms. The third kappa shape index (κ3) is 3.29. The number of amides is 1. The summed E-state index contributed by atoms with van der Waals surface area (Å²) < 4.78 is 11.2. The largest absolute Gasteiger partial charge is 0.489 e. The number of nitrogens with zero attached hydrogens (tertiary/aromatic N) is 2. The van der Waals surface area contributed by atoms with Crippen molar-refractivity contribution >= 4 is 11.9 Å². The molecule has 1 aromatic rings. The van der Waals surface area contributed by atoms with Crippen molar-refractivity contribution in [3.8, 4) is 0 Å². The summed E-state index contributed by atoms with van der Waals surface area (Å²) in [4.78, 5) is 17.8. The van der Waals surface area contributed by atoms with E-state index in [0.29, 0.717) is 37.6 Å². The molecule has 0 atom stereocenters. The molecule has 108 valence electrons. The molecule has 0 unspecified atom stereocenters. The summed E-state index contributed by atoms with van der Waals surface area (Å²) in [6.45, 7) is 5.75. The van der Waals surface area contributed by atoms with Gasteiger partial charge in [0.1, 0.15) is 0 Å². The second kappa shape index (κ2) is 6.93. The van der Waals surface area contributed by atoms with E-state index in [4.69, 9.17) is 9.47 Å². The van der Waals surface area contributed by atoms with Gasteiger partial charge < -0.3 is 14.4 Å². The average Bonchev–Trinajstić information content (AvgIpc) is 2.50. The summed E-state index contributed by atoms with van der Waals surface area (Å²) >= 11 is 0. The summed E-state index contributed by atoms with van der Waals surface area (Å²) in [6, 6.07) is 3.74. The Morgan fingerprint density at radius 2 is 2.25 bits per heavy atom. The second-order valence-corrected chi connectivity index (χ2v) is 4.49. The Hall–Kier alpha value is -2.04. The van der Waals surface area contributed by atoms with Gasteiger partial charge in [-0.25, -0.2) is 4.79 Å². The molecule has 0 fully saturated rings. The van der Waals surface area contributed by atoms with Crippen molar-refractivity contribution in [2.45, 2.75) is 26.7 Å². The summed E-state index contributed by atoms with van der Waals surface area (Å²) in [5.74, 6) is 1.23. The van der Waals surface area contributed by atoms with Crippen LogP contribution in [0, 0.1) is 0 Å². The molecular formula is C15H20N2O3. The highest BCUT2D eigenvalue weighted by Crippen LogP contribution is 2.28. The van der Waals surface area contributed by atoms with Crippen LogP contribution in [0.25, 0.3) is 5.76 Å². The Labute approximate surface area is 119 Å². The lowest BCUT2D eigenvalue weighted by Crippen LogP contribution is -2.31. The van der Waals surface area contributed by atoms with Crippen molar-refractivity contribution < 1.29 is 14.3 Å².